The van der Waals surface area contributed by atoms with Gasteiger partial charge in [-0.2, -0.15) is 0 Å². The zero-order chi connectivity index (χ0) is 17.2. The Morgan fingerprint density at radius 2 is 2.08 bits per heavy atom. The summed E-state index contributed by atoms with van der Waals surface area (Å²) in [4.78, 5) is 6.47. The Labute approximate surface area is 144 Å². The molecule has 1 saturated carbocycles. The number of nitrogens with one attached hydrogen (secondary N) is 1. The van der Waals surface area contributed by atoms with E-state index in [1.807, 2.05) is 0 Å². The van der Waals surface area contributed by atoms with Crippen molar-refractivity contribution < 1.29 is 13.2 Å². The molecule has 8 heteroatoms. The van der Waals surface area contributed by atoms with Crippen LogP contribution in [0.25, 0.3) is 0 Å². The number of aromatic nitrogens is 2. The highest BCUT2D eigenvalue weighted by Gasteiger charge is 2.39. The van der Waals surface area contributed by atoms with Crippen molar-refractivity contribution >= 4 is 10.0 Å². The van der Waals surface area contributed by atoms with Crippen molar-refractivity contribution in [2.24, 2.45) is 13.0 Å². The maximum atomic E-state index is 12.7. The highest BCUT2D eigenvalue weighted by atomic mass is 32.2. The van der Waals surface area contributed by atoms with Crippen molar-refractivity contribution in [2.45, 2.75) is 42.7 Å². The van der Waals surface area contributed by atoms with Gasteiger partial charge in [-0.05, 0) is 51.1 Å². The predicted octanol–water partition coefficient (Wildman–Crippen LogP) is 0.980. The molecule has 0 spiro atoms. The molecule has 3 rings (SSSR count). The number of aryl methyl sites for hydroxylation is 1. The molecule has 2 heterocycles. The van der Waals surface area contributed by atoms with Gasteiger partial charge < -0.3 is 14.2 Å². The number of likely N-dealkylation sites (tertiary alicyclic amines) is 1. The molecule has 1 aromatic rings. The van der Waals surface area contributed by atoms with Gasteiger partial charge in [-0.25, -0.2) is 18.1 Å². The molecular formula is C16H28N4O3S. The monoisotopic (exact) mass is 356 g/mol. The molecule has 0 radical (unpaired) electrons. The third-order valence-corrected chi connectivity index (χ3v) is 6.58. The van der Waals surface area contributed by atoms with Gasteiger partial charge in [0.2, 0.25) is 0 Å². The Morgan fingerprint density at radius 3 is 2.62 bits per heavy atom. The van der Waals surface area contributed by atoms with E-state index in [9.17, 15) is 8.42 Å². The minimum atomic E-state index is -3.61. The van der Waals surface area contributed by atoms with Crippen molar-refractivity contribution in [3.63, 3.8) is 0 Å². The molecular weight excluding hydrogens is 328 g/mol. The van der Waals surface area contributed by atoms with E-state index in [1.165, 1.54) is 25.4 Å². The molecule has 0 amide bonds. The molecule has 0 unspecified atom stereocenters. The first kappa shape index (κ1) is 17.8. The SMILES string of the molecule is COCCC1(NS(=O)(=O)c2cn(C)cn2)CCN(CC2CC2)CC1. The topological polar surface area (TPSA) is 76.5 Å². The van der Waals surface area contributed by atoms with E-state index < -0.39 is 15.6 Å². The highest BCUT2D eigenvalue weighted by molar-refractivity contribution is 7.89. The maximum absolute atomic E-state index is 12.7. The summed E-state index contributed by atoms with van der Waals surface area (Å²) >= 11 is 0. The lowest BCUT2D eigenvalue weighted by molar-refractivity contribution is 0.105. The van der Waals surface area contributed by atoms with E-state index in [4.69, 9.17) is 4.74 Å². The van der Waals surface area contributed by atoms with Gasteiger partial charge >= 0.3 is 0 Å². The first-order valence-corrected chi connectivity index (χ1v) is 10.1. The van der Waals surface area contributed by atoms with Crippen LogP contribution in [-0.4, -0.2) is 61.8 Å². The van der Waals surface area contributed by atoms with E-state index in [-0.39, 0.29) is 5.03 Å². The summed E-state index contributed by atoms with van der Waals surface area (Å²) in [5.41, 5.74) is -0.438. The molecule has 1 N–H and O–H groups in total. The second-order valence-corrected chi connectivity index (χ2v) is 8.88. The molecule has 1 aliphatic heterocycles. The summed E-state index contributed by atoms with van der Waals surface area (Å²) in [6.07, 6.45) is 8.05. The number of sulfonamides is 1. The molecule has 0 aromatic carbocycles. The minimum Gasteiger partial charge on any atom is -0.385 e. The van der Waals surface area contributed by atoms with Crippen LogP contribution in [0.4, 0.5) is 0 Å². The Morgan fingerprint density at radius 1 is 1.38 bits per heavy atom. The Bertz CT molecular complexity index is 646. The molecule has 2 aliphatic rings. The Kier molecular flexibility index (Phi) is 5.29. The second kappa shape index (κ2) is 7.11. The van der Waals surface area contributed by atoms with Crippen molar-refractivity contribution in [2.75, 3.05) is 33.4 Å². The van der Waals surface area contributed by atoms with Crippen LogP contribution in [-0.2, 0) is 21.8 Å². The average Bonchev–Trinajstić information content (AvgIpc) is 3.25. The van der Waals surface area contributed by atoms with E-state index in [2.05, 4.69) is 14.6 Å². The van der Waals surface area contributed by atoms with Crippen LogP contribution in [0.3, 0.4) is 0 Å². The third kappa shape index (κ3) is 4.36. The van der Waals surface area contributed by atoms with Crippen LogP contribution >= 0.6 is 0 Å². The number of hydrogen-bond acceptors (Lipinski definition) is 5. The van der Waals surface area contributed by atoms with Crippen molar-refractivity contribution in [1.82, 2.24) is 19.2 Å². The van der Waals surface area contributed by atoms with E-state index >= 15 is 0 Å². The number of rotatable bonds is 8. The number of methoxy groups -OCH3 is 1. The normalized spacial score (nSPS) is 21.9. The van der Waals surface area contributed by atoms with Crippen LogP contribution in [0, 0.1) is 5.92 Å². The van der Waals surface area contributed by atoms with E-state index in [0.29, 0.717) is 13.0 Å². The smallest absolute Gasteiger partial charge is 0.260 e. The predicted molar refractivity (Wildman–Crippen MR) is 91.2 cm³/mol. The molecule has 24 heavy (non-hydrogen) atoms. The number of nitrogens with zero attached hydrogens (tertiary/aromatic N) is 3. The maximum Gasteiger partial charge on any atom is 0.260 e. The number of piperidine rings is 1. The van der Waals surface area contributed by atoms with Gasteiger partial charge in [-0.3, -0.25) is 0 Å². The number of ether oxygens (including phenoxy) is 1. The molecule has 1 aromatic heterocycles. The van der Waals surface area contributed by atoms with Gasteiger partial charge in [-0.1, -0.05) is 0 Å². The molecule has 1 saturated heterocycles. The largest absolute Gasteiger partial charge is 0.385 e. The summed E-state index contributed by atoms with van der Waals surface area (Å²) in [5, 5.41) is 0.0854. The average molecular weight is 356 g/mol. The fourth-order valence-electron chi connectivity index (χ4n) is 3.39. The standard InChI is InChI=1S/C16H28N4O3S/c1-19-12-15(17-13-19)24(21,22)18-16(7-10-23-2)5-8-20(9-6-16)11-14-3-4-14/h12-14,18H,3-11H2,1-2H3. The van der Waals surface area contributed by atoms with Gasteiger partial charge in [0, 0.05) is 39.0 Å². The van der Waals surface area contributed by atoms with E-state index in [1.54, 1.807) is 18.7 Å². The lowest BCUT2D eigenvalue weighted by Crippen LogP contribution is -2.56. The summed E-state index contributed by atoms with van der Waals surface area (Å²) in [5.74, 6) is 0.863. The lowest BCUT2D eigenvalue weighted by atomic mass is 9.85. The fraction of sp³-hybridized carbons (Fsp3) is 0.812. The van der Waals surface area contributed by atoms with Gasteiger partial charge in [0.25, 0.3) is 10.0 Å². The quantitative estimate of drug-likeness (QED) is 0.751. The summed E-state index contributed by atoms with van der Waals surface area (Å²) in [7, 11) is -0.189. The zero-order valence-corrected chi connectivity index (χ0v) is 15.4. The van der Waals surface area contributed by atoms with Crippen LogP contribution in [0.5, 0.6) is 0 Å². The molecule has 1 aliphatic carbocycles. The third-order valence-electron chi connectivity index (χ3n) is 5.12. The van der Waals surface area contributed by atoms with Crippen molar-refractivity contribution in [1.29, 1.82) is 0 Å². The van der Waals surface area contributed by atoms with Gasteiger partial charge in [-0.15, -0.1) is 0 Å². The molecule has 0 bridgehead atoms. The highest BCUT2D eigenvalue weighted by Crippen LogP contribution is 2.33. The Balaban J connectivity index is 1.69. The van der Waals surface area contributed by atoms with Crippen LogP contribution in [0.2, 0.25) is 0 Å². The first-order chi connectivity index (χ1) is 11.4. The summed E-state index contributed by atoms with van der Waals surface area (Å²) in [6.45, 7) is 3.58. The van der Waals surface area contributed by atoms with E-state index in [0.717, 1.165) is 38.4 Å². The fourth-order valence-corrected chi connectivity index (χ4v) is 4.87. The second-order valence-electron chi connectivity index (χ2n) is 7.25. The minimum absolute atomic E-state index is 0.0854. The zero-order valence-electron chi connectivity index (χ0n) is 14.6. The van der Waals surface area contributed by atoms with Gasteiger partial charge in [0.15, 0.2) is 5.03 Å². The Hall–Kier alpha value is -0.960. The molecule has 7 nitrogen and oxygen atoms in total. The summed E-state index contributed by atoms with van der Waals surface area (Å²) in [6, 6.07) is 0. The van der Waals surface area contributed by atoms with Crippen molar-refractivity contribution in [3.8, 4) is 0 Å². The molecule has 2 fully saturated rings. The van der Waals surface area contributed by atoms with Gasteiger partial charge in [0.05, 0.1) is 6.33 Å². The number of hydrogen-bond donors (Lipinski definition) is 1. The lowest BCUT2D eigenvalue weighted by Gasteiger charge is -2.42. The van der Waals surface area contributed by atoms with Crippen LogP contribution < -0.4 is 4.72 Å². The van der Waals surface area contributed by atoms with Gasteiger partial charge in [0.1, 0.15) is 0 Å². The molecule has 0 atom stereocenters. The van der Waals surface area contributed by atoms with Crippen molar-refractivity contribution in [3.05, 3.63) is 12.5 Å². The van der Waals surface area contributed by atoms with Crippen LogP contribution in [0.15, 0.2) is 17.6 Å². The number of imidazole rings is 1. The molecule has 136 valence electrons. The first-order valence-electron chi connectivity index (χ1n) is 8.66. The summed E-state index contributed by atoms with van der Waals surface area (Å²) < 4.78 is 35.2. The van der Waals surface area contributed by atoms with Crippen LogP contribution in [0.1, 0.15) is 32.1 Å².